The molecule has 2 aliphatic heterocycles. The Balaban J connectivity index is 1.29. The highest BCUT2D eigenvalue weighted by Crippen LogP contribution is 2.28. The topological polar surface area (TPSA) is 74.6 Å². The number of likely N-dealkylation sites (tertiary alicyclic amines) is 1. The van der Waals surface area contributed by atoms with Crippen LogP contribution in [0.2, 0.25) is 0 Å². The number of aromatic nitrogens is 3. The molecule has 1 unspecified atom stereocenters. The van der Waals surface area contributed by atoms with E-state index in [0.29, 0.717) is 24.6 Å². The van der Waals surface area contributed by atoms with Crippen LogP contribution in [0.5, 0.6) is 0 Å². The molecule has 0 radical (unpaired) electrons. The molecule has 0 N–H and O–H groups in total. The maximum atomic E-state index is 12.9. The zero-order valence-electron chi connectivity index (χ0n) is 15.5. The van der Waals surface area contributed by atoms with Gasteiger partial charge in [0.15, 0.2) is 5.01 Å². The summed E-state index contributed by atoms with van der Waals surface area (Å²) in [4.78, 5) is 34.8. The third kappa shape index (κ3) is 2.82. The summed E-state index contributed by atoms with van der Waals surface area (Å²) in [5.74, 6) is -0.0209. The molecule has 4 heterocycles. The van der Waals surface area contributed by atoms with Crippen LogP contribution in [-0.2, 0) is 0 Å². The van der Waals surface area contributed by atoms with E-state index in [2.05, 4.69) is 10.1 Å². The average molecular weight is 396 g/mol. The van der Waals surface area contributed by atoms with Gasteiger partial charge >= 0.3 is 6.03 Å². The fourth-order valence-corrected chi connectivity index (χ4v) is 4.73. The summed E-state index contributed by atoms with van der Waals surface area (Å²) in [6, 6.07) is 7.91. The van der Waals surface area contributed by atoms with Crippen LogP contribution in [-0.4, -0.2) is 69.7 Å². The molecule has 0 aliphatic carbocycles. The molecule has 2 aliphatic rings. The monoisotopic (exact) mass is 396 g/mol. The Morgan fingerprint density at radius 1 is 1.21 bits per heavy atom. The fourth-order valence-electron chi connectivity index (χ4n) is 3.80. The Bertz CT molecular complexity index is 1030. The number of carbonyl (C=O) groups excluding carboxylic acids is 2. The maximum absolute atomic E-state index is 12.9. The summed E-state index contributed by atoms with van der Waals surface area (Å²) in [7, 11) is 1.80. The molecule has 2 saturated heterocycles. The van der Waals surface area contributed by atoms with Crippen molar-refractivity contribution < 1.29 is 9.59 Å². The van der Waals surface area contributed by atoms with Crippen molar-refractivity contribution >= 4 is 39.2 Å². The molecule has 1 aromatic carbocycles. The summed E-state index contributed by atoms with van der Waals surface area (Å²) in [5.41, 5.74) is 1.67. The Hall–Kier alpha value is -2.94. The number of carbonyl (C=O) groups is 2. The summed E-state index contributed by atoms with van der Waals surface area (Å²) >= 11 is 1.44. The normalized spacial score (nSPS) is 20.0. The van der Waals surface area contributed by atoms with Gasteiger partial charge in [-0.15, -0.1) is 11.3 Å². The first kappa shape index (κ1) is 17.2. The van der Waals surface area contributed by atoms with Gasteiger partial charge in [0.25, 0.3) is 5.91 Å². The molecule has 9 heteroatoms. The Morgan fingerprint density at radius 2 is 2.07 bits per heavy atom. The molecular weight excluding hydrogens is 376 g/mol. The second kappa shape index (κ2) is 6.59. The number of rotatable bonds is 3. The van der Waals surface area contributed by atoms with Crippen LogP contribution >= 0.6 is 11.3 Å². The van der Waals surface area contributed by atoms with E-state index in [1.54, 1.807) is 23.0 Å². The van der Waals surface area contributed by atoms with Crippen molar-refractivity contribution in [3.8, 4) is 0 Å². The number of urea groups is 1. The number of hydrogen-bond acceptors (Lipinski definition) is 5. The number of amides is 3. The Kier molecular flexibility index (Phi) is 4.04. The number of fused-ring (bicyclic) bond motifs is 1. The van der Waals surface area contributed by atoms with E-state index in [1.807, 2.05) is 40.0 Å². The van der Waals surface area contributed by atoms with Gasteiger partial charge in [-0.3, -0.25) is 14.4 Å². The van der Waals surface area contributed by atoms with Crippen molar-refractivity contribution in [1.29, 1.82) is 0 Å². The summed E-state index contributed by atoms with van der Waals surface area (Å²) in [6.45, 7) is 2.68. The maximum Gasteiger partial charge on any atom is 0.324 e. The molecule has 0 bridgehead atoms. The molecule has 5 rings (SSSR count). The lowest BCUT2D eigenvalue weighted by molar-refractivity contribution is 0.0787. The van der Waals surface area contributed by atoms with Crippen molar-refractivity contribution in [2.24, 2.45) is 0 Å². The largest absolute Gasteiger partial charge is 0.334 e. The minimum absolute atomic E-state index is 0.00129. The van der Waals surface area contributed by atoms with Crippen molar-refractivity contribution in [2.75, 3.05) is 38.1 Å². The van der Waals surface area contributed by atoms with Crippen molar-refractivity contribution in [3.63, 3.8) is 0 Å². The van der Waals surface area contributed by atoms with Crippen LogP contribution in [0.1, 0.15) is 22.3 Å². The molecule has 3 aromatic rings. The van der Waals surface area contributed by atoms with Gasteiger partial charge in [0.1, 0.15) is 0 Å². The van der Waals surface area contributed by atoms with Gasteiger partial charge in [-0.2, -0.15) is 5.10 Å². The number of thiazole rings is 1. The van der Waals surface area contributed by atoms with E-state index >= 15 is 0 Å². The number of hydrogen-bond donors (Lipinski definition) is 0. The van der Waals surface area contributed by atoms with Gasteiger partial charge in [0.05, 0.1) is 28.1 Å². The third-order valence-electron chi connectivity index (χ3n) is 5.42. The molecular formula is C19H20N6O2S. The first-order chi connectivity index (χ1) is 13.6. The van der Waals surface area contributed by atoms with Crippen LogP contribution in [0.15, 0.2) is 36.7 Å². The van der Waals surface area contributed by atoms with E-state index < -0.39 is 0 Å². The van der Waals surface area contributed by atoms with Crippen molar-refractivity contribution in [2.45, 2.75) is 12.5 Å². The van der Waals surface area contributed by atoms with Crippen LogP contribution in [0.25, 0.3) is 10.2 Å². The van der Waals surface area contributed by atoms with Crippen LogP contribution in [0.3, 0.4) is 0 Å². The van der Waals surface area contributed by atoms with Gasteiger partial charge in [0.2, 0.25) is 0 Å². The van der Waals surface area contributed by atoms with Crippen LogP contribution in [0, 0.1) is 0 Å². The van der Waals surface area contributed by atoms with Gasteiger partial charge < -0.3 is 9.80 Å². The summed E-state index contributed by atoms with van der Waals surface area (Å²) in [6.07, 6.45) is 4.48. The zero-order chi connectivity index (χ0) is 19.3. The van der Waals surface area contributed by atoms with E-state index in [4.69, 9.17) is 0 Å². The molecule has 8 nitrogen and oxygen atoms in total. The van der Waals surface area contributed by atoms with Gasteiger partial charge in [-0.05, 0) is 18.6 Å². The second-order valence-electron chi connectivity index (χ2n) is 7.21. The molecule has 2 aromatic heterocycles. The molecule has 144 valence electrons. The molecule has 2 fully saturated rings. The first-order valence-electron chi connectivity index (χ1n) is 9.32. The highest BCUT2D eigenvalue weighted by Gasteiger charge is 2.32. The predicted octanol–water partition coefficient (Wildman–Crippen LogP) is 2.45. The Morgan fingerprint density at radius 3 is 2.86 bits per heavy atom. The van der Waals surface area contributed by atoms with Crippen molar-refractivity contribution in [3.05, 3.63) is 41.7 Å². The average Bonchev–Trinajstić information content (AvgIpc) is 3.48. The quantitative estimate of drug-likeness (QED) is 0.682. The van der Waals surface area contributed by atoms with Gasteiger partial charge in [-0.1, -0.05) is 12.1 Å². The minimum atomic E-state index is -0.0209. The van der Waals surface area contributed by atoms with Crippen LogP contribution in [0.4, 0.5) is 10.5 Å². The van der Waals surface area contributed by atoms with Gasteiger partial charge in [0, 0.05) is 39.4 Å². The van der Waals surface area contributed by atoms with E-state index in [-0.39, 0.29) is 18.0 Å². The van der Waals surface area contributed by atoms with Crippen molar-refractivity contribution in [1.82, 2.24) is 24.6 Å². The van der Waals surface area contributed by atoms with E-state index in [1.165, 1.54) is 11.3 Å². The number of para-hydroxylation sites is 1. The lowest BCUT2D eigenvalue weighted by Crippen LogP contribution is -2.29. The van der Waals surface area contributed by atoms with Gasteiger partial charge in [-0.25, -0.2) is 9.78 Å². The molecule has 0 saturated carbocycles. The number of nitrogens with zero attached hydrogens (tertiary/aromatic N) is 6. The molecule has 3 amide bonds. The number of anilines is 1. The molecule has 1 atom stereocenters. The highest BCUT2D eigenvalue weighted by atomic mass is 32.1. The SMILES string of the molecule is CN1CCN(c2cnn(C3CCN(C(=O)c4nc5ccccc5s4)C3)c2)C1=O. The number of benzene rings is 1. The molecule has 0 spiro atoms. The Labute approximate surface area is 166 Å². The standard InChI is InChI=1S/C19H20N6O2S/c1-22-8-9-24(19(22)27)14-10-20-25(12-14)13-6-7-23(11-13)18(26)17-21-15-4-2-3-5-16(15)28-17/h2-5,10,12-13H,6-9,11H2,1H3. The smallest absolute Gasteiger partial charge is 0.324 e. The lowest BCUT2D eigenvalue weighted by atomic mass is 10.3. The minimum Gasteiger partial charge on any atom is -0.334 e. The second-order valence-corrected chi connectivity index (χ2v) is 8.25. The lowest BCUT2D eigenvalue weighted by Gasteiger charge is -2.15. The third-order valence-corrected chi connectivity index (χ3v) is 6.44. The predicted molar refractivity (Wildman–Crippen MR) is 107 cm³/mol. The zero-order valence-corrected chi connectivity index (χ0v) is 16.3. The summed E-state index contributed by atoms with van der Waals surface area (Å²) in [5, 5.41) is 4.99. The van der Waals surface area contributed by atoms with Crippen LogP contribution < -0.4 is 4.90 Å². The highest BCUT2D eigenvalue weighted by molar-refractivity contribution is 7.20. The molecule has 28 heavy (non-hydrogen) atoms. The summed E-state index contributed by atoms with van der Waals surface area (Å²) < 4.78 is 2.91. The fraction of sp³-hybridized carbons (Fsp3) is 0.368. The van der Waals surface area contributed by atoms with E-state index in [0.717, 1.165) is 28.9 Å². The number of likely N-dealkylation sites (N-methyl/N-ethyl adjacent to an activating group) is 1. The first-order valence-corrected chi connectivity index (χ1v) is 10.1. The van der Waals surface area contributed by atoms with E-state index in [9.17, 15) is 9.59 Å².